The Morgan fingerprint density at radius 3 is 3.00 bits per heavy atom. The van der Waals surface area contributed by atoms with Crippen molar-refractivity contribution in [3.63, 3.8) is 0 Å². The number of aryl methyl sites for hydroxylation is 2. The number of hydrogen-bond acceptors (Lipinski definition) is 6. The van der Waals surface area contributed by atoms with Crippen molar-refractivity contribution in [3.05, 3.63) is 26.6 Å². The molecule has 8 heteroatoms. The molecule has 0 aromatic carbocycles. The van der Waals surface area contributed by atoms with E-state index in [2.05, 4.69) is 15.3 Å². The van der Waals surface area contributed by atoms with Gasteiger partial charge in [0, 0.05) is 6.61 Å². The summed E-state index contributed by atoms with van der Waals surface area (Å²) in [6.45, 7) is 6.88. The lowest BCUT2D eigenvalue weighted by Crippen LogP contribution is -2.43. The Balaban J connectivity index is 1.88. The molecule has 124 valence electrons. The third-order valence-electron chi connectivity index (χ3n) is 3.85. The highest BCUT2D eigenvalue weighted by atomic mass is 32.1. The van der Waals surface area contributed by atoms with Gasteiger partial charge in [0.1, 0.15) is 16.8 Å². The van der Waals surface area contributed by atoms with Crippen molar-refractivity contribution in [2.45, 2.75) is 32.9 Å². The summed E-state index contributed by atoms with van der Waals surface area (Å²) in [6.07, 6.45) is -0.137. The first-order valence-electron chi connectivity index (χ1n) is 7.51. The van der Waals surface area contributed by atoms with Gasteiger partial charge in [-0.25, -0.2) is 4.98 Å². The summed E-state index contributed by atoms with van der Waals surface area (Å²) in [5, 5.41) is 3.43. The van der Waals surface area contributed by atoms with E-state index in [9.17, 15) is 9.59 Å². The maximum atomic E-state index is 12.6. The lowest BCUT2D eigenvalue weighted by molar-refractivity contribution is 0.0403. The number of amides is 1. The normalized spacial score (nSPS) is 21.0. The summed E-state index contributed by atoms with van der Waals surface area (Å²) in [5.74, 6) is 0.319. The van der Waals surface area contributed by atoms with E-state index in [4.69, 9.17) is 9.47 Å². The first kappa shape index (κ1) is 16.1. The molecule has 3 heterocycles. The summed E-state index contributed by atoms with van der Waals surface area (Å²) >= 11 is 1.23. The van der Waals surface area contributed by atoms with E-state index in [1.165, 1.54) is 11.3 Å². The van der Waals surface area contributed by atoms with Crippen LogP contribution in [0.3, 0.4) is 0 Å². The molecule has 2 atom stereocenters. The van der Waals surface area contributed by atoms with Gasteiger partial charge in [-0.1, -0.05) is 0 Å². The molecule has 1 saturated heterocycles. The van der Waals surface area contributed by atoms with Gasteiger partial charge in [0.15, 0.2) is 0 Å². The number of H-pyrrole nitrogens is 1. The molecule has 0 spiro atoms. The third kappa shape index (κ3) is 3.01. The van der Waals surface area contributed by atoms with E-state index in [1.54, 1.807) is 13.8 Å². The highest BCUT2D eigenvalue weighted by Gasteiger charge is 2.31. The lowest BCUT2D eigenvalue weighted by atomic mass is 10.1. The van der Waals surface area contributed by atoms with Crippen molar-refractivity contribution in [1.29, 1.82) is 0 Å². The SMILES string of the molecule is CCO[C@@H]1COC[C@H]1NC(=O)c1sc2nc(C)[nH]c(=O)c2c1C. The molecular formula is C15H19N3O4S. The standard InChI is InChI=1S/C15H19N3O4S/c1-4-22-10-6-21-5-9(10)18-14(20)12-7(2)11-13(19)16-8(3)17-15(11)23-12/h9-10H,4-6H2,1-3H3,(H,18,20)(H,16,17,19)/t9-,10-/m1/s1. The van der Waals surface area contributed by atoms with Gasteiger partial charge in [0.25, 0.3) is 11.5 Å². The molecule has 2 N–H and O–H groups in total. The minimum Gasteiger partial charge on any atom is -0.376 e. The van der Waals surface area contributed by atoms with E-state index >= 15 is 0 Å². The fourth-order valence-corrected chi connectivity index (χ4v) is 3.88. The molecule has 2 aromatic rings. The van der Waals surface area contributed by atoms with Gasteiger partial charge in [0.05, 0.1) is 29.5 Å². The van der Waals surface area contributed by atoms with E-state index in [-0.39, 0.29) is 23.6 Å². The van der Waals surface area contributed by atoms with Crippen molar-refractivity contribution in [1.82, 2.24) is 15.3 Å². The molecule has 0 radical (unpaired) electrons. The van der Waals surface area contributed by atoms with E-state index < -0.39 is 0 Å². The summed E-state index contributed by atoms with van der Waals surface area (Å²) in [7, 11) is 0. The van der Waals surface area contributed by atoms with Crippen LogP contribution in [0.4, 0.5) is 0 Å². The van der Waals surface area contributed by atoms with Crippen LogP contribution in [0.2, 0.25) is 0 Å². The van der Waals surface area contributed by atoms with Crippen LogP contribution in [0.1, 0.15) is 28.0 Å². The Kier molecular flexibility index (Phi) is 4.47. The second kappa shape index (κ2) is 6.38. The van der Waals surface area contributed by atoms with Gasteiger partial charge in [-0.2, -0.15) is 0 Å². The summed E-state index contributed by atoms with van der Waals surface area (Å²) in [4.78, 5) is 32.7. The number of carbonyl (C=O) groups is 1. The Bertz CT molecular complexity index is 798. The van der Waals surface area contributed by atoms with Crippen molar-refractivity contribution in [3.8, 4) is 0 Å². The smallest absolute Gasteiger partial charge is 0.262 e. The quantitative estimate of drug-likeness (QED) is 0.872. The molecule has 1 aliphatic heterocycles. The number of nitrogens with one attached hydrogen (secondary N) is 2. The van der Waals surface area contributed by atoms with Crippen LogP contribution in [0.25, 0.3) is 10.2 Å². The molecule has 0 aliphatic carbocycles. The van der Waals surface area contributed by atoms with Gasteiger partial charge in [-0.3, -0.25) is 9.59 Å². The highest BCUT2D eigenvalue weighted by Crippen LogP contribution is 2.27. The van der Waals surface area contributed by atoms with Crippen molar-refractivity contribution in [2.24, 2.45) is 0 Å². The average Bonchev–Trinajstić information content (AvgIpc) is 3.04. The van der Waals surface area contributed by atoms with Crippen molar-refractivity contribution >= 4 is 27.5 Å². The molecule has 2 aromatic heterocycles. The molecule has 0 unspecified atom stereocenters. The molecule has 1 aliphatic rings. The van der Waals surface area contributed by atoms with Gasteiger partial charge >= 0.3 is 0 Å². The van der Waals surface area contributed by atoms with Crippen LogP contribution >= 0.6 is 11.3 Å². The topological polar surface area (TPSA) is 93.3 Å². The van der Waals surface area contributed by atoms with Gasteiger partial charge in [-0.15, -0.1) is 11.3 Å². The fourth-order valence-electron chi connectivity index (χ4n) is 2.75. The summed E-state index contributed by atoms with van der Waals surface area (Å²) < 4.78 is 11.0. The second-order valence-corrected chi connectivity index (χ2v) is 6.50. The predicted molar refractivity (Wildman–Crippen MR) is 87.2 cm³/mol. The van der Waals surface area contributed by atoms with Crippen LogP contribution < -0.4 is 10.9 Å². The Morgan fingerprint density at radius 1 is 1.48 bits per heavy atom. The predicted octanol–water partition coefficient (Wildman–Crippen LogP) is 1.14. The van der Waals surface area contributed by atoms with Crippen LogP contribution in [-0.4, -0.2) is 47.8 Å². The van der Waals surface area contributed by atoms with Gasteiger partial charge < -0.3 is 19.8 Å². The van der Waals surface area contributed by atoms with E-state index in [1.807, 2.05) is 6.92 Å². The van der Waals surface area contributed by atoms with Gasteiger partial charge in [-0.05, 0) is 26.3 Å². The van der Waals surface area contributed by atoms with Crippen molar-refractivity contribution in [2.75, 3.05) is 19.8 Å². The Morgan fingerprint density at radius 2 is 2.26 bits per heavy atom. The van der Waals surface area contributed by atoms with Crippen LogP contribution in [0.15, 0.2) is 4.79 Å². The zero-order valence-corrected chi connectivity index (χ0v) is 14.1. The summed E-state index contributed by atoms with van der Waals surface area (Å²) in [5.41, 5.74) is 0.444. The number of aromatic nitrogens is 2. The number of aromatic amines is 1. The van der Waals surface area contributed by atoms with Crippen LogP contribution in [-0.2, 0) is 9.47 Å². The molecule has 1 amide bonds. The third-order valence-corrected chi connectivity index (χ3v) is 5.04. The first-order chi connectivity index (χ1) is 11.0. The number of thiophene rings is 1. The number of fused-ring (bicyclic) bond motifs is 1. The van der Waals surface area contributed by atoms with E-state index in [0.29, 0.717) is 46.3 Å². The van der Waals surface area contributed by atoms with Crippen molar-refractivity contribution < 1.29 is 14.3 Å². The van der Waals surface area contributed by atoms with Crippen LogP contribution in [0.5, 0.6) is 0 Å². The Labute approximate surface area is 137 Å². The molecule has 23 heavy (non-hydrogen) atoms. The number of ether oxygens (including phenoxy) is 2. The average molecular weight is 337 g/mol. The number of carbonyl (C=O) groups excluding carboxylic acids is 1. The first-order valence-corrected chi connectivity index (χ1v) is 8.33. The molecule has 3 rings (SSSR count). The number of rotatable bonds is 4. The fraction of sp³-hybridized carbons (Fsp3) is 0.533. The van der Waals surface area contributed by atoms with Crippen LogP contribution in [0, 0.1) is 13.8 Å². The molecule has 7 nitrogen and oxygen atoms in total. The number of nitrogens with zero attached hydrogens (tertiary/aromatic N) is 1. The maximum Gasteiger partial charge on any atom is 0.262 e. The molecule has 1 fully saturated rings. The summed E-state index contributed by atoms with van der Waals surface area (Å²) in [6, 6.07) is -0.181. The minimum atomic E-state index is -0.220. The zero-order valence-electron chi connectivity index (χ0n) is 13.3. The lowest BCUT2D eigenvalue weighted by Gasteiger charge is -2.18. The number of hydrogen-bond donors (Lipinski definition) is 2. The second-order valence-electron chi connectivity index (χ2n) is 5.50. The monoisotopic (exact) mass is 337 g/mol. The Hall–Kier alpha value is -1.77. The minimum absolute atomic E-state index is 0.137. The van der Waals surface area contributed by atoms with E-state index in [0.717, 1.165) is 0 Å². The zero-order chi connectivity index (χ0) is 16.6. The molecule has 0 saturated carbocycles. The molecular weight excluding hydrogens is 318 g/mol. The van der Waals surface area contributed by atoms with Gasteiger partial charge in [0.2, 0.25) is 0 Å². The maximum absolute atomic E-state index is 12.6. The largest absolute Gasteiger partial charge is 0.376 e. The highest BCUT2D eigenvalue weighted by molar-refractivity contribution is 7.20. The molecule has 0 bridgehead atoms.